The molecule has 2 aromatic rings. The van der Waals surface area contributed by atoms with E-state index in [2.05, 4.69) is 0 Å². The van der Waals surface area contributed by atoms with Gasteiger partial charge in [0.1, 0.15) is 11.2 Å². The predicted molar refractivity (Wildman–Crippen MR) is 112 cm³/mol. The van der Waals surface area contributed by atoms with E-state index in [1.165, 1.54) is 0 Å². The van der Waals surface area contributed by atoms with E-state index in [0.717, 1.165) is 16.6 Å². The number of nitrogens with zero attached hydrogens (tertiary/aromatic N) is 2. The Morgan fingerprint density at radius 3 is 2.14 bits per heavy atom. The molecule has 2 fully saturated rings. The molecule has 1 saturated heterocycles. The summed E-state index contributed by atoms with van der Waals surface area (Å²) in [6.45, 7) is -0.999. The van der Waals surface area contributed by atoms with Crippen molar-refractivity contribution in [3.8, 4) is 5.75 Å². The lowest BCUT2D eigenvalue weighted by molar-refractivity contribution is -0.292. The molecule has 2 heterocycles. The smallest absolute Gasteiger partial charge is 0.402 e. The first-order chi connectivity index (χ1) is 17.1. The van der Waals surface area contributed by atoms with Crippen LogP contribution in [0.25, 0.3) is 10.9 Å². The van der Waals surface area contributed by atoms with Gasteiger partial charge in [-0.2, -0.15) is 26.3 Å². The van der Waals surface area contributed by atoms with E-state index < -0.39 is 94.2 Å². The van der Waals surface area contributed by atoms with Gasteiger partial charge in [0.25, 0.3) is 12.0 Å². The molecule has 3 N–H and O–H groups in total. The van der Waals surface area contributed by atoms with Gasteiger partial charge in [-0.25, -0.2) is 18.0 Å². The SMILES string of the molecule is COc1c(N2CCC(C(N)C(C(F)(F)F)C(F)(F)F)C2)c(F)c(C(F)F)c2c(=O)[nH]c(=O)n(C3CC3)c12. The number of aromatic amines is 1. The maximum absolute atomic E-state index is 15.6. The van der Waals surface area contributed by atoms with Gasteiger partial charge in [-0.3, -0.25) is 14.3 Å². The second-order valence-electron chi connectivity index (χ2n) is 9.13. The van der Waals surface area contributed by atoms with E-state index in [4.69, 9.17) is 10.5 Å². The first-order valence-electron chi connectivity index (χ1n) is 11.1. The fourth-order valence-electron chi connectivity index (χ4n) is 5.03. The quantitative estimate of drug-likeness (QED) is 0.533. The number of ether oxygens (including phenoxy) is 1. The number of hydrogen-bond donors (Lipinski definition) is 2. The lowest BCUT2D eigenvalue weighted by Gasteiger charge is -2.32. The van der Waals surface area contributed by atoms with E-state index in [9.17, 15) is 44.7 Å². The third kappa shape index (κ3) is 4.63. The number of methoxy groups -OCH3 is 1. The van der Waals surface area contributed by atoms with Crippen LogP contribution in [0.2, 0.25) is 0 Å². The fourth-order valence-corrected chi connectivity index (χ4v) is 5.03. The maximum Gasteiger partial charge on any atom is 0.402 e. The van der Waals surface area contributed by atoms with E-state index in [0.29, 0.717) is 12.8 Å². The number of benzene rings is 1. The second kappa shape index (κ2) is 9.13. The predicted octanol–water partition coefficient (Wildman–Crippen LogP) is 4.00. The monoisotopic (exact) mass is 548 g/mol. The standard InChI is InChI=1S/C21H21F9N4O3/c1-37-15-13-10(18(35)32-19(36)34(13)8-2-3-8)9(17(23)24)11(22)14(15)33-5-4-7(6-33)12(31)16(20(25,26)27)21(28,29)30/h7-8,12,16-17H,2-6,31H2,1H3,(H,32,35,36). The Kier molecular flexibility index (Phi) is 6.70. The number of anilines is 1. The zero-order chi connectivity index (χ0) is 27.6. The summed E-state index contributed by atoms with van der Waals surface area (Å²) in [5.41, 5.74) is 0.673. The number of halogens is 9. The van der Waals surface area contributed by atoms with Gasteiger partial charge in [-0.1, -0.05) is 0 Å². The number of aromatic nitrogens is 2. The topological polar surface area (TPSA) is 93.3 Å². The number of nitrogens with one attached hydrogen (secondary N) is 1. The summed E-state index contributed by atoms with van der Waals surface area (Å²) >= 11 is 0. The molecule has 1 aromatic carbocycles. The molecule has 0 spiro atoms. The first kappa shape index (κ1) is 27.1. The van der Waals surface area contributed by atoms with Gasteiger partial charge in [-0.15, -0.1) is 0 Å². The van der Waals surface area contributed by atoms with Crippen LogP contribution in [0, 0.1) is 17.7 Å². The number of alkyl halides is 8. The van der Waals surface area contributed by atoms with Crippen molar-refractivity contribution in [1.82, 2.24) is 9.55 Å². The fraction of sp³-hybridized carbons (Fsp3) is 0.619. The van der Waals surface area contributed by atoms with Crippen LogP contribution in [-0.2, 0) is 0 Å². The van der Waals surface area contributed by atoms with Gasteiger partial charge in [-0.05, 0) is 25.2 Å². The van der Waals surface area contributed by atoms with E-state index >= 15 is 4.39 Å². The van der Waals surface area contributed by atoms with Crippen molar-refractivity contribution >= 4 is 16.6 Å². The van der Waals surface area contributed by atoms with Crippen molar-refractivity contribution in [3.05, 3.63) is 32.2 Å². The lowest BCUT2D eigenvalue weighted by atomic mass is 9.87. The van der Waals surface area contributed by atoms with Gasteiger partial charge >= 0.3 is 18.0 Å². The molecule has 1 saturated carbocycles. The maximum atomic E-state index is 15.6. The molecule has 37 heavy (non-hydrogen) atoms. The van der Waals surface area contributed by atoms with Crippen LogP contribution >= 0.6 is 0 Å². The Hall–Kier alpha value is -2.91. The average Bonchev–Trinajstić information content (AvgIpc) is 3.46. The second-order valence-corrected chi connectivity index (χ2v) is 9.13. The minimum atomic E-state index is -5.71. The average molecular weight is 548 g/mol. The van der Waals surface area contributed by atoms with Crippen LogP contribution in [0.3, 0.4) is 0 Å². The molecule has 4 rings (SSSR count). The number of nitrogens with two attached hydrogens (primary N) is 1. The van der Waals surface area contributed by atoms with Crippen molar-refractivity contribution in [2.24, 2.45) is 17.6 Å². The van der Waals surface area contributed by atoms with E-state index in [-0.39, 0.29) is 13.0 Å². The Bertz CT molecular complexity index is 1300. The number of H-pyrrole nitrogens is 1. The van der Waals surface area contributed by atoms with Crippen LogP contribution in [0.4, 0.5) is 45.2 Å². The van der Waals surface area contributed by atoms with Gasteiger partial charge < -0.3 is 15.4 Å². The summed E-state index contributed by atoms with van der Waals surface area (Å²) in [4.78, 5) is 27.9. The lowest BCUT2D eigenvalue weighted by Crippen LogP contribution is -2.52. The summed E-state index contributed by atoms with van der Waals surface area (Å²) in [7, 11) is 1.01. The molecule has 1 aliphatic carbocycles. The van der Waals surface area contributed by atoms with Crippen molar-refractivity contribution in [1.29, 1.82) is 0 Å². The molecule has 206 valence electrons. The molecule has 2 atom stereocenters. The first-order valence-corrected chi connectivity index (χ1v) is 11.1. The normalized spacial score (nSPS) is 19.9. The molecule has 1 aromatic heterocycles. The van der Waals surface area contributed by atoms with Crippen LogP contribution in [0.1, 0.15) is 37.3 Å². The highest BCUT2D eigenvalue weighted by Gasteiger charge is 2.61. The van der Waals surface area contributed by atoms with Crippen LogP contribution < -0.4 is 26.6 Å². The molecule has 16 heteroatoms. The molecule has 7 nitrogen and oxygen atoms in total. The molecule has 0 radical (unpaired) electrons. The highest BCUT2D eigenvalue weighted by atomic mass is 19.4. The Labute approximate surface area is 202 Å². The van der Waals surface area contributed by atoms with Crippen LogP contribution in [0.5, 0.6) is 5.75 Å². The van der Waals surface area contributed by atoms with Crippen molar-refractivity contribution in [3.63, 3.8) is 0 Å². The van der Waals surface area contributed by atoms with Crippen LogP contribution in [0.15, 0.2) is 9.59 Å². The Morgan fingerprint density at radius 1 is 1.05 bits per heavy atom. The molecule has 2 unspecified atom stereocenters. The van der Waals surface area contributed by atoms with Crippen molar-refractivity contribution < 1.29 is 44.3 Å². The number of hydrogen-bond acceptors (Lipinski definition) is 5. The van der Waals surface area contributed by atoms with E-state index in [1.54, 1.807) is 0 Å². The highest BCUT2D eigenvalue weighted by molar-refractivity contribution is 5.94. The highest BCUT2D eigenvalue weighted by Crippen LogP contribution is 2.48. The van der Waals surface area contributed by atoms with Gasteiger partial charge in [0.15, 0.2) is 17.5 Å². The Morgan fingerprint density at radius 2 is 1.65 bits per heavy atom. The summed E-state index contributed by atoms with van der Waals surface area (Å²) in [6, 6.07) is -2.97. The zero-order valence-electron chi connectivity index (χ0n) is 19.0. The largest absolute Gasteiger partial charge is 0.492 e. The summed E-state index contributed by atoms with van der Waals surface area (Å²) in [5, 5.41) is -0.832. The zero-order valence-corrected chi connectivity index (χ0v) is 19.0. The van der Waals surface area contributed by atoms with Crippen molar-refractivity contribution in [2.45, 2.75) is 50.1 Å². The third-order valence-corrected chi connectivity index (χ3v) is 6.80. The van der Waals surface area contributed by atoms with Gasteiger partial charge in [0.05, 0.1) is 18.1 Å². The number of rotatable bonds is 6. The Balaban J connectivity index is 1.88. The molecular formula is C21H21F9N4O3. The summed E-state index contributed by atoms with van der Waals surface area (Å²) in [5.74, 6) is -7.45. The van der Waals surface area contributed by atoms with Crippen LogP contribution in [-0.4, -0.2) is 48.1 Å². The third-order valence-electron chi connectivity index (χ3n) is 6.80. The van der Waals surface area contributed by atoms with Gasteiger partial charge in [0, 0.05) is 25.2 Å². The van der Waals surface area contributed by atoms with Crippen molar-refractivity contribution in [2.75, 3.05) is 25.1 Å². The minimum Gasteiger partial charge on any atom is -0.492 e. The molecule has 1 aliphatic heterocycles. The van der Waals surface area contributed by atoms with Gasteiger partial charge in [0.2, 0.25) is 0 Å². The molecule has 2 aliphatic rings. The summed E-state index contributed by atoms with van der Waals surface area (Å²) < 4.78 is 129. The van der Waals surface area contributed by atoms with E-state index in [1.807, 2.05) is 4.98 Å². The molecule has 0 amide bonds. The molecule has 0 bridgehead atoms. The minimum absolute atomic E-state index is 0.348. The summed E-state index contributed by atoms with van der Waals surface area (Å²) in [6.07, 6.45) is -14.4. The number of fused-ring (bicyclic) bond motifs is 1. The molecular weight excluding hydrogens is 527 g/mol.